The second-order valence-electron chi connectivity index (χ2n) is 6.77. The first-order valence-corrected chi connectivity index (χ1v) is 10.0. The van der Waals surface area contributed by atoms with Gasteiger partial charge in [-0.2, -0.15) is 0 Å². The number of nitrogens with zero attached hydrogens (tertiary/aromatic N) is 2. The molecule has 158 valence electrons. The highest BCUT2D eigenvalue weighted by Gasteiger charge is 2.50. The van der Waals surface area contributed by atoms with E-state index in [-0.39, 0.29) is 36.8 Å². The smallest absolute Gasteiger partial charge is 0.277 e. The lowest BCUT2D eigenvalue weighted by atomic mass is 9.82. The van der Waals surface area contributed by atoms with Gasteiger partial charge >= 0.3 is 0 Å². The Labute approximate surface area is 171 Å². The van der Waals surface area contributed by atoms with Gasteiger partial charge in [-0.1, -0.05) is 0 Å². The number of carbonyl (C=O) groups is 1. The predicted octanol–water partition coefficient (Wildman–Crippen LogP) is 1.32. The van der Waals surface area contributed by atoms with Crippen molar-refractivity contribution in [2.24, 2.45) is 10.7 Å². The Kier molecular flexibility index (Phi) is 5.20. The molecule has 0 spiro atoms. The normalized spacial score (nSPS) is 25.6. The van der Waals surface area contributed by atoms with E-state index in [0.29, 0.717) is 12.3 Å². The largest absolute Gasteiger partial charge is 0.380 e. The number of ether oxygens (including phenoxy) is 1. The van der Waals surface area contributed by atoms with E-state index >= 15 is 0 Å². The molecule has 3 unspecified atom stereocenters. The van der Waals surface area contributed by atoms with E-state index in [1.165, 1.54) is 12.1 Å². The lowest BCUT2D eigenvalue weighted by molar-refractivity contribution is 0.0555. The zero-order valence-corrected chi connectivity index (χ0v) is 16.1. The van der Waals surface area contributed by atoms with Crippen LogP contribution in [0.15, 0.2) is 35.5 Å². The van der Waals surface area contributed by atoms with Gasteiger partial charge in [-0.05, 0) is 18.2 Å². The van der Waals surface area contributed by atoms with Crippen molar-refractivity contribution in [3.05, 3.63) is 59.2 Å². The van der Waals surface area contributed by atoms with Gasteiger partial charge in [0.25, 0.3) is 5.91 Å². The summed E-state index contributed by atoms with van der Waals surface area (Å²) in [6.45, 7) is 0.308. The molecule has 2 aliphatic rings. The van der Waals surface area contributed by atoms with Crippen molar-refractivity contribution in [2.75, 3.05) is 18.5 Å². The number of hydrogen-bond donors (Lipinski definition) is 3. The molecule has 3 heterocycles. The SMILES string of the molecule is NC1=NC2(c3cc(NC(=O)c4ncc(F)cc4F)ccc3F)CCOCC2S(=O)N1. The van der Waals surface area contributed by atoms with E-state index in [9.17, 15) is 22.2 Å². The Hall–Kier alpha value is -2.99. The number of rotatable bonds is 3. The predicted molar refractivity (Wildman–Crippen MR) is 102 cm³/mol. The Morgan fingerprint density at radius 3 is 2.87 bits per heavy atom. The van der Waals surface area contributed by atoms with Crippen LogP contribution in [-0.4, -0.2) is 39.5 Å². The average Bonchev–Trinajstić information content (AvgIpc) is 2.69. The van der Waals surface area contributed by atoms with Gasteiger partial charge in [-0.25, -0.2) is 27.4 Å². The number of aromatic nitrogens is 1. The molecule has 2 aliphatic heterocycles. The average molecular weight is 439 g/mol. The summed E-state index contributed by atoms with van der Waals surface area (Å²) < 4.78 is 62.1. The molecule has 4 rings (SSSR count). The quantitative estimate of drug-likeness (QED) is 0.667. The number of fused-ring (bicyclic) bond motifs is 1. The number of benzene rings is 1. The molecule has 12 heteroatoms. The molecule has 1 aromatic carbocycles. The van der Waals surface area contributed by atoms with Crippen molar-refractivity contribution in [1.82, 2.24) is 9.71 Å². The van der Waals surface area contributed by atoms with Gasteiger partial charge in [-0.15, -0.1) is 0 Å². The van der Waals surface area contributed by atoms with E-state index in [2.05, 4.69) is 20.0 Å². The Morgan fingerprint density at radius 2 is 2.10 bits per heavy atom. The van der Waals surface area contributed by atoms with Crippen LogP contribution in [0.1, 0.15) is 22.5 Å². The van der Waals surface area contributed by atoms with Gasteiger partial charge in [0.15, 0.2) is 11.5 Å². The second kappa shape index (κ2) is 7.69. The third kappa shape index (κ3) is 3.52. The standard InChI is InChI=1S/C18H16F3N5O3S/c19-9-5-13(21)15(23-7-9)16(27)24-10-1-2-12(20)11(6-10)18-3-4-29-8-14(18)30(28)26-17(22)25-18/h1-2,5-7,14H,3-4,8H2,(H,24,27)(H3,22,25,26). The summed E-state index contributed by atoms with van der Waals surface area (Å²) in [6, 6.07) is 4.24. The van der Waals surface area contributed by atoms with Crippen LogP contribution in [0.3, 0.4) is 0 Å². The van der Waals surface area contributed by atoms with Crippen LogP contribution < -0.4 is 15.8 Å². The van der Waals surface area contributed by atoms with Gasteiger partial charge in [0.05, 0.1) is 12.8 Å². The topological polar surface area (TPSA) is 119 Å². The molecule has 1 fully saturated rings. The number of nitrogens with two attached hydrogens (primary N) is 1. The van der Waals surface area contributed by atoms with Crippen LogP contribution in [0.5, 0.6) is 0 Å². The monoisotopic (exact) mass is 439 g/mol. The fraction of sp³-hybridized carbons (Fsp3) is 0.278. The molecule has 1 saturated heterocycles. The summed E-state index contributed by atoms with van der Waals surface area (Å²) in [6.07, 6.45) is 0.926. The zero-order valence-electron chi connectivity index (χ0n) is 15.3. The van der Waals surface area contributed by atoms with Gasteiger partial charge in [0.2, 0.25) is 5.96 Å². The minimum Gasteiger partial charge on any atom is -0.380 e. The molecule has 8 nitrogen and oxygen atoms in total. The van der Waals surface area contributed by atoms with Gasteiger partial charge in [0, 0.05) is 30.3 Å². The molecule has 1 aromatic heterocycles. The number of guanidine groups is 1. The molecule has 4 N–H and O–H groups in total. The number of hydrogen-bond acceptors (Lipinski definition) is 6. The molecule has 2 aromatic rings. The van der Waals surface area contributed by atoms with Crippen molar-refractivity contribution in [3.63, 3.8) is 0 Å². The number of aliphatic imine (C=N–C) groups is 1. The molecule has 0 bridgehead atoms. The second-order valence-corrected chi connectivity index (χ2v) is 8.14. The number of halogens is 3. The van der Waals surface area contributed by atoms with E-state index in [1.807, 2.05) is 0 Å². The van der Waals surface area contributed by atoms with E-state index < -0.39 is 50.8 Å². The first-order chi connectivity index (χ1) is 14.3. The van der Waals surface area contributed by atoms with E-state index in [0.717, 1.165) is 6.07 Å². The van der Waals surface area contributed by atoms with Gasteiger partial charge in [-0.3, -0.25) is 9.52 Å². The molecule has 1 amide bonds. The maximum Gasteiger partial charge on any atom is 0.277 e. The lowest BCUT2D eigenvalue weighted by Crippen LogP contribution is -2.58. The van der Waals surface area contributed by atoms with Crippen molar-refractivity contribution < 1.29 is 26.9 Å². The molecule has 3 atom stereocenters. The van der Waals surface area contributed by atoms with Gasteiger partial charge in [0.1, 0.15) is 33.4 Å². The Morgan fingerprint density at radius 1 is 1.30 bits per heavy atom. The van der Waals surface area contributed by atoms with Crippen LogP contribution in [0, 0.1) is 17.5 Å². The number of anilines is 1. The number of carbonyl (C=O) groups excluding carboxylic acids is 1. The summed E-state index contributed by atoms with van der Waals surface area (Å²) in [5.41, 5.74) is 4.08. The van der Waals surface area contributed by atoms with Crippen molar-refractivity contribution in [1.29, 1.82) is 0 Å². The highest BCUT2D eigenvalue weighted by molar-refractivity contribution is 7.84. The highest BCUT2D eigenvalue weighted by atomic mass is 32.2. The van der Waals surface area contributed by atoms with Gasteiger partial charge < -0.3 is 15.8 Å². The number of nitrogens with one attached hydrogen (secondary N) is 2. The Bertz CT molecular complexity index is 1080. The van der Waals surface area contributed by atoms with Crippen LogP contribution in [-0.2, 0) is 21.3 Å². The van der Waals surface area contributed by atoms with Crippen molar-refractivity contribution in [2.45, 2.75) is 17.2 Å². The molecule has 0 aliphatic carbocycles. The van der Waals surface area contributed by atoms with Crippen LogP contribution >= 0.6 is 0 Å². The van der Waals surface area contributed by atoms with Crippen molar-refractivity contribution >= 4 is 28.5 Å². The first-order valence-electron chi connectivity index (χ1n) is 8.83. The number of pyridine rings is 1. The summed E-state index contributed by atoms with van der Waals surface area (Å²) in [4.78, 5) is 20.2. The summed E-state index contributed by atoms with van der Waals surface area (Å²) in [7, 11) is -1.67. The molecule has 0 saturated carbocycles. The summed E-state index contributed by atoms with van der Waals surface area (Å²) in [5, 5.41) is 1.69. The maximum absolute atomic E-state index is 14.8. The fourth-order valence-corrected chi connectivity index (χ4v) is 4.84. The third-order valence-electron chi connectivity index (χ3n) is 4.93. The third-order valence-corrected chi connectivity index (χ3v) is 6.38. The lowest BCUT2D eigenvalue weighted by Gasteiger charge is -2.43. The number of amides is 1. The maximum atomic E-state index is 14.8. The minimum atomic E-state index is -1.67. The van der Waals surface area contributed by atoms with Crippen LogP contribution in [0.25, 0.3) is 0 Å². The van der Waals surface area contributed by atoms with E-state index in [4.69, 9.17) is 10.5 Å². The molecule has 0 radical (unpaired) electrons. The molecular formula is C18H16F3N5O3S. The summed E-state index contributed by atoms with van der Waals surface area (Å²) >= 11 is 0. The summed E-state index contributed by atoms with van der Waals surface area (Å²) in [5.74, 6) is -3.74. The minimum absolute atomic E-state index is 0.0666. The fourth-order valence-electron chi connectivity index (χ4n) is 3.57. The first kappa shape index (κ1) is 20.3. The van der Waals surface area contributed by atoms with Crippen LogP contribution in [0.4, 0.5) is 18.9 Å². The zero-order chi connectivity index (χ0) is 21.5. The Balaban J connectivity index is 1.72. The van der Waals surface area contributed by atoms with Crippen molar-refractivity contribution in [3.8, 4) is 0 Å². The highest BCUT2D eigenvalue weighted by Crippen LogP contribution is 2.42. The van der Waals surface area contributed by atoms with Crippen LogP contribution in [0.2, 0.25) is 0 Å². The van der Waals surface area contributed by atoms with E-state index in [1.54, 1.807) is 0 Å². The molecular weight excluding hydrogens is 423 g/mol. The molecule has 30 heavy (non-hydrogen) atoms.